The zero-order valence-corrected chi connectivity index (χ0v) is 29.8. The van der Waals surface area contributed by atoms with Crippen LogP contribution in [0.5, 0.6) is 0 Å². The molecule has 0 saturated heterocycles. The molecule has 0 aliphatic heterocycles. The van der Waals surface area contributed by atoms with Crippen LogP contribution in [0.3, 0.4) is 0 Å². The van der Waals surface area contributed by atoms with Crippen LogP contribution in [0, 0.1) is 0 Å². The first-order valence-electron chi connectivity index (χ1n) is 18.7. The second-order valence-corrected chi connectivity index (χ2v) is 14.0. The fraction of sp³-hybridized carbons (Fsp3) is 0. The number of fused-ring (bicyclic) bond motifs is 8. The van der Waals surface area contributed by atoms with Gasteiger partial charge in [0, 0.05) is 44.0 Å². The number of furan rings is 2. The lowest BCUT2D eigenvalue weighted by Crippen LogP contribution is -2.09. The summed E-state index contributed by atoms with van der Waals surface area (Å²) >= 11 is 0. The molecule has 0 saturated carbocycles. The van der Waals surface area contributed by atoms with E-state index in [1.54, 1.807) is 0 Å². The Labute approximate surface area is 317 Å². The molecule has 0 N–H and O–H groups in total. The van der Waals surface area contributed by atoms with Crippen LogP contribution in [0.4, 0.5) is 17.1 Å². The van der Waals surface area contributed by atoms with Gasteiger partial charge in [0.1, 0.15) is 22.3 Å². The van der Waals surface area contributed by atoms with Gasteiger partial charge in [-0.1, -0.05) is 158 Å². The highest BCUT2D eigenvalue weighted by Gasteiger charge is 2.23. The van der Waals surface area contributed by atoms with E-state index in [-0.39, 0.29) is 0 Å². The molecule has 0 amide bonds. The summed E-state index contributed by atoms with van der Waals surface area (Å²) in [4.78, 5) is 2.32. The summed E-state index contributed by atoms with van der Waals surface area (Å²) in [5.74, 6) is 0. The first-order valence-corrected chi connectivity index (χ1v) is 18.7. The minimum absolute atomic E-state index is 0.844. The van der Waals surface area contributed by atoms with Crippen molar-refractivity contribution in [3.63, 3.8) is 0 Å². The molecule has 11 rings (SSSR count). The molecular formula is C52H33NO2. The summed E-state index contributed by atoms with van der Waals surface area (Å²) in [7, 11) is 0. The van der Waals surface area contributed by atoms with Crippen molar-refractivity contribution < 1.29 is 8.83 Å². The van der Waals surface area contributed by atoms with Gasteiger partial charge in [-0.3, -0.25) is 0 Å². The third-order valence-corrected chi connectivity index (χ3v) is 10.9. The Morgan fingerprint density at radius 3 is 1.51 bits per heavy atom. The molecule has 0 atom stereocenters. The van der Waals surface area contributed by atoms with Gasteiger partial charge in [0.25, 0.3) is 0 Å². The van der Waals surface area contributed by atoms with Gasteiger partial charge >= 0.3 is 0 Å². The molecule has 258 valence electrons. The minimum Gasteiger partial charge on any atom is -0.455 e. The molecular weight excluding hydrogens is 671 g/mol. The second-order valence-electron chi connectivity index (χ2n) is 14.0. The van der Waals surface area contributed by atoms with Crippen LogP contribution in [0.1, 0.15) is 0 Å². The van der Waals surface area contributed by atoms with Gasteiger partial charge in [0.15, 0.2) is 0 Å². The fourth-order valence-electron chi connectivity index (χ4n) is 8.35. The van der Waals surface area contributed by atoms with E-state index in [1.165, 1.54) is 11.1 Å². The van der Waals surface area contributed by atoms with E-state index in [2.05, 4.69) is 205 Å². The Hall–Kier alpha value is -7.36. The van der Waals surface area contributed by atoms with Crippen LogP contribution >= 0.6 is 0 Å². The maximum absolute atomic E-state index is 7.01. The van der Waals surface area contributed by atoms with Gasteiger partial charge in [-0.15, -0.1) is 0 Å². The maximum atomic E-state index is 7.01. The minimum atomic E-state index is 0.844. The number of para-hydroxylation sites is 4. The third-order valence-electron chi connectivity index (χ3n) is 10.9. The second kappa shape index (κ2) is 12.6. The van der Waals surface area contributed by atoms with Gasteiger partial charge in [-0.25, -0.2) is 0 Å². The molecule has 0 aliphatic carbocycles. The van der Waals surface area contributed by atoms with Crippen LogP contribution < -0.4 is 4.90 Å². The molecule has 0 aliphatic rings. The van der Waals surface area contributed by atoms with Gasteiger partial charge in [0.05, 0.1) is 11.1 Å². The van der Waals surface area contributed by atoms with E-state index in [1.807, 2.05) is 0 Å². The Balaban J connectivity index is 1.14. The smallest absolute Gasteiger partial charge is 0.143 e. The molecule has 3 heteroatoms. The van der Waals surface area contributed by atoms with Crippen molar-refractivity contribution in [2.75, 3.05) is 4.90 Å². The zero-order valence-electron chi connectivity index (χ0n) is 29.8. The van der Waals surface area contributed by atoms with Crippen molar-refractivity contribution in [2.24, 2.45) is 0 Å². The molecule has 0 radical (unpaired) electrons. The SMILES string of the molecule is c1ccc(-c2ccc(-c3cccc4c3oc3c(-c5cc6c(oc7cccc(N(c8ccccc8)c8ccccc8)c76)c6ccccc56)cccc34)cc2)cc1. The van der Waals surface area contributed by atoms with E-state index in [0.29, 0.717) is 0 Å². The Kier molecular flexibility index (Phi) is 7.17. The van der Waals surface area contributed by atoms with Crippen molar-refractivity contribution >= 4 is 71.7 Å². The van der Waals surface area contributed by atoms with E-state index in [4.69, 9.17) is 8.83 Å². The molecule has 55 heavy (non-hydrogen) atoms. The Morgan fingerprint density at radius 1 is 0.309 bits per heavy atom. The molecule has 11 aromatic rings. The van der Waals surface area contributed by atoms with Crippen LogP contribution in [0.2, 0.25) is 0 Å². The Bertz CT molecular complexity index is 3140. The third kappa shape index (κ3) is 5.05. The number of benzene rings is 9. The Morgan fingerprint density at radius 2 is 0.818 bits per heavy atom. The molecule has 0 fully saturated rings. The molecule has 0 spiro atoms. The average Bonchev–Trinajstić information content (AvgIpc) is 3.84. The van der Waals surface area contributed by atoms with Crippen LogP contribution in [-0.2, 0) is 0 Å². The summed E-state index contributed by atoms with van der Waals surface area (Å²) in [5.41, 5.74) is 13.4. The normalized spacial score (nSPS) is 11.6. The van der Waals surface area contributed by atoms with Crippen LogP contribution in [0.25, 0.3) is 88.0 Å². The lowest BCUT2D eigenvalue weighted by Gasteiger charge is -2.26. The molecule has 2 heterocycles. The molecule has 2 aromatic heterocycles. The number of hydrogen-bond donors (Lipinski definition) is 0. The molecule has 0 unspecified atom stereocenters. The van der Waals surface area contributed by atoms with Gasteiger partial charge in [-0.2, -0.15) is 0 Å². The molecule has 9 aromatic carbocycles. The first-order chi connectivity index (χ1) is 27.3. The topological polar surface area (TPSA) is 29.5 Å². The number of rotatable bonds is 6. The van der Waals surface area contributed by atoms with E-state index >= 15 is 0 Å². The van der Waals surface area contributed by atoms with Crippen molar-refractivity contribution in [3.8, 4) is 33.4 Å². The highest BCUT2D eigenvalue weighted by molar-refractivity contribution is 6.24. The van der Waals surface area contributed by atoms with Gasteiger partial charge in [-0.05, 0) is 70.1 Å². The highest BCUT2D eigenvalue weighted by Crippen LogP contribution is 2.48. The molecule has 3 nitrogen and oxygen atoms in total. The largest absolute Gasteiger partial charge is 0.455 e. The number of nitrogens with zero attached hydrogens (tertiary/aromatic N) is 1. The predicted octanol–water partition coefficient (Wildman–Crippen LogP) is 15.1. The van der Waals surface area contributed by atoms with Gasteiger partial charge in [0.2, 0.25) is 0 Å². The van der Waals surface area contributed by atoms with Crippen molar-refractivity contribution in [1.82, 2.24) is 0 Å². The van der Waals surface area contributed by atoms with E-state index in [0.717, 1.165) is 94.0 Å². The molecule has 0 bridgehead atoms. The summed E-state index contributed by atoms with van der Waals surface area (Å²) in [6, 6.07) is 70.6. The van der Waals surface area contributed by atoms with Crippen molar-refractivity contribution in [3.05, 3.63) is 200 Å². The number of anilines is 3. The highest BCUT2D eigenvalue weighted by atomic mass is 16.3. The maximum Gasteiger partial charge on any atom is 0.143 e. The number of hydrogen-bond acceptors (Lipinski definition) is 3. The summed E-state index contributed by atoms with van der Waals surface area (Å²) in [5, 5.41) is 6.50. The monoisotopic (exact) mass is 703 g/mol. The van der Waals surface area contributed by atoms with Crippen molar-refractivity contribution in [2.45, 2.75) is 0 Å². The predicted molar refractivity (Wildman–Crippen MR) is 229 cm³/mol. The van der Waals surface area contributed by atoms with E-state index in [9.17, 15) is 0 Å². The first kappa shape index (κ1) is 31.2. The van der Waals surface area contributed by atoms with E-state index < -0.39 is 0 Å². The summed E-state index contributed by atoms with van der Waals surface area (Å²) in [6.45, 7) is 0. The zero-order chi connectivity index (χ0) is 36.3. The van der Waals surface area contributed by atoms with Crippen LogP contribution in [0.15, 0.2) is 209 Å². The van der Waals surface area contributed by atoms with Crippen molar-refractivity contribution in [1.29, 1.82) is 0 Å². The van der Waals surface area contributed by atoms with Crippen LogP contribution in [-0.4, -0.2) is 0 Å². The lowest BCUT2D eigenvalue weighted by atomic mass is 9.93. The summed E-state index contributed by atoms with van der Waals surface area (Å²) in [6.07, 6.45) is 0. The lowest BCUT2D eigenvalue weighted by molar-refractivity contribution is 0.670. The standard InChI is InChI=1S/C52H33NO2/c1-4-15-34(16-5-1)35-29-31-36(32-30-35)39-23-12-24-42-43-25-13-26-44(51(43)55-50(39)42)45-33-46-49-47(53(37-17-6-2-7-18-37)38-19-8-3-9-20-38)27-14-28-48(49)54-52(46)41-22-11-10-21-40(41)45/h1-33H. The summed E-state index contributed by atoms with van der Waals surface area (Å²) < 4.78 is 13.8. The average molecular weight is 704 g/mol. The van der Waals surface area contributed by atoms with Gasteiger partial charge < -0.3 is 13.7 Å². The quantitative estimate of drug-likeness (QED) is 0.173. The fourth-order valence-corrected chi connectivity index (χ4v) is 8.35.